The van der Waals surface area contributed by atoms with Crippen LogP contribution in [0.5, 0.6) is 0 Å². The summed E-state index contributed by atoms with van der Waals surface area (Å²) in [5.41, 5.74) is 13.6. The van der Waals surface area contributed by atoms with Crippen molar-refractivity contribution < 1.29 is 0 Å². The molecule has 8 heteroatoms. The van der Waals surface area contributed by atoms with Crippen molar-refractivity contribution in [3.8, 4) is 0 Å². The standard InChI is InChI=1S/C14H14ClN5S2/c1-6(14-19-12(15)11(21)13(17)20-14)9-2-8-7(3-16)5-22-10(8)4-18-9/h2,4-6,13H,3,16-17H2,1H3. The molecule has 3 heterocycles. The third kappa shape index (κ3) is 2.70. The van der Waals surface area contributed by atoms with E-state index in [9.17, 15) is 0 Å². The lowest BCUT2D eigenvalue weighted by molar-refractivity contribution is 0.878. The van der Waals surface area contributed by atoms with Gasteiger partial charge >= 0.3 is 0 Å². The van der Waals surface area contributed by atoms with Crippen molar-refractivity contribution in [2.45, 2.75) is 25.6 Å². The van der Waals surface area contributed by atoms with Gasteiger partial charge in [0, 0.05) is 18.1 Å². The molecule has 1 aliphatic rings. The van der Waals surface area contributed by atoms with Crippen LogP contribution in [0.15, 0.2) is 27.6 Å². The summed E-state index contributed by atoms with van der Waals surface area (Å²) in [6, 6.07) is 2.03. The summed E-state index contributed by atoms with van der Waals surface area (Å²) < 4.78 is 1.11. The zero-order chi connectivity index (χ0) is 15.9. The molecule has 0 radical (unpaired) electrons. The van der Waals surface area contributed by atoms with Gasteiger partial charge in [-0.15, -0.1) is 11.3 Å². The fourth-order valence-electron chi connectivity index (χ4n) is 2.25. The number of halogens is 1. The normalized spacial score (nSPS) is 20.0. The van der Waals surface area contributed by atoms with Crippen LogP contribution in [-0.2, 0) is 6.54 Å². The molecule has 4 N–H and O–H groups in total. The average molecular weight is 352 g/mol. The van der Waals surface area contributed by atoms with Crippen LogP contribution in [0.25, 0.3) is 10.1 Å². The molecular weight excluding hydrogens is 338 g/mol. The summed E-state index contributed by atoms with van der Waals surface area (Å²) in [6.07, 6.45) is 1.23. The van der Waals surface area contributed by atoms with Gasteiger partial charge in [-0.3, -0.25) is 4.98 Å². The Morgan fingerprint density at radius 3 is 2.95 bits per heavy atom. The molecule has 2 unspecified atom stereocenters. The Bertz CT molecular complexity index is 811. The summed E-state index contributed by atoms with van der Waals surface area (Å²) >= 11 is 12.7. The lowest BCUT2D eigenvalue weighted by Gasteiger charge is -2.18. The lowest BCUT2D eigenvalue weighted by Crippen LogP contribution is -2.36. The Balaban J connectivity index is 2.00. The van der Waals surface area contributed by atoms with Crippen LogP contribution < -0.4 is 11.5 Å². The summed E-state index contributed by atoms with van der Waals surface area (Å²) in [5.74, 6) is 0.417. The fraction of sp³-hybridized carbons (Fsp3) is 0.286. The van der Waals surface area contributed by atoms with Gasteiger partial charge in [0.1, 0.15) is 17.2 Å². The third-order valence-electron chi connectivity index (χ3n) is 3.57. The van der Waals surface area contributed by atoms with Gasteiger partial charge in [0.2, 0.25) is 0 Å². The highest BCUT2D eigenvalue weighted by molar-refractivity contribution is 7.82. The van der Waals surface area contributed by atoms with E-state index in [-0.39, 0.29) is 11.1 Å². The van der Waals surface area contributed by atoms with E-state index in [2.05, 4.69) is 20.3 Å². The average Bonchev–Trinajstić information content (AvgIpc) is 2.93. The predicted molar refractivity (Wildman–Crippen MR) is 97.2 cm³/mol. The third-order valence-corrected chi connectivity index (χ3v) is 5.39. The van der Waals surface area contributed by atoms with Crippen LogP contribution >= 0.6 is 35.2 Å². The van der Waals surface area contributed by atoms with Crippen LogP contribution in [0.2, 0.25) is 0 Å². The quantitative estimate of drug-likeness (QED) is 0.831. The highest BCUT2D eigenvalue weighted by atomic mass is 35.5. The zero-order valence-electron chi connectivity index (χ0n) is 11.8. The highest BCUT2D eigenvalue weighted by Gasteiger charge is 2.24. The smallest absolute Gasteiger partial charge is 0.148 e. The van der Waals surface area contributed by atoms with Gasteiger partial charge in [-0.1, -0.05) is 23.8 Å². The molecule has 0 aromatic carbocycles. The number of aromatic nitrogens is 1. The number of rotatable bonds is 3. The Morgan fingerprint density at radius 2 is 2.27 bits per heavy atom. The number of nitrogens with zero attached hydrogens (tertiary/aromatic N) is 3. The highest BCUT2D eigenvalue weighted by Crippen LogP contribution is 2.28. The molecule has 0 amide bonds. The number of hydrogen-bond acceptors (Lipinski definition) is 7. The second kappa shape index (κ2) is 6.10. The first-order chi connectivity index (χ1) is 10.5. The molecular formula is C14H14ClN5S2. The van der Waals surface area contributed by atoms with Crippen LogP contribution in [0.1, 0.15) is 24.1 Å². The molecule has 0 saturated heterocycles. The van der Waals surface area contributed by atoms with E-state index in [0.717, 1.165) is 21.3 Å². The second-order valence-electron chi connectivity index (χ2n) is 4.99. The number of thiophene rings is 1. The maximum absolute atomic E-state index is 6.03. The predicted octanol–water partition coefficient (Wildman–Crippen LogP) is 2.56. The Kier molecular flexibility index (Phi) is 4.33. The van der Waals surface area contributed by atoms with Gasteiger partial charge < -0.3 is 11.5 Å². The molecule has 0 spiro atoms. The van der Waals surface area contributed by atoms with Crippen LogP contribution in [0.3, 0.4) is 0 Å². The maximum atomic E-state index is 6.03. The van der Waals surface area contributed by atoms with E-state index in [1.807, 2.05) is 19.2 Å². The van der Waals surface area contributed by atoms with Gasteiger partial charge in [0.15, 0.2) is 0 Å². The van der Waals surface area contributed by atoms with E-state index < -0.39 is 6.17 Å². The number of thiocarbonyl (C=S) groups is 1. The largest absolute Gasteiger partial charge is 0.326 e. The van der Waals surface area contributed by atoms with Crippen molar-refractivity contribution in [1.29, 1.82) is 0 Å². The van der Waals surface area contributed by atoms with E-state index >= 15 is 0 Å². The van der Waals surface area contributed by atoms with Crippen LogP contribution in [-0.4, -0.2) is 27.0 Å². The molecule has 2 aromatic rings. The fourth-order valence-corrected chi connectivity index (χ4v) is 3.47. The van der Waals surface area contributed by atoms with Crippen molar-refractivity contribution >= 4 is 61.1 Å². The van der Waals surface area contributed by atoms with Gasteiger partial charge in [-0.2, -0.15) is 0 Å². The number of aliphatic imine (C=N–C) groups is 2. The van der Waals surface area contributed by atoms with Gasteiger partial charge in [-0.05, 0) is 23.9 Å². The Hall–Kier alpha value is -1.25. The summed E-state index contributed by atoms with van der Waals surface area (Å²) in [6.45, 7) is 2.47. The Labute approximate surface area is 142 Å². The molecule has 0 saturated carbocycles. The molecule has 1 aliphatic heterocycles. The molecule has 2 atom stereocenters. The van der Waals surface area contributed by atoms with Crippen molar-refractivity contribution in [2.75, 3.05) is 0 Å². The topological polar surface area (TPSA) is 89.6 Å². The molecule has 0 bridgehead atoms. The maximum Gasteiger partial charge on any atom is 0.148 e. The lowest BCUT2D eigenvalue weighted by atomic mass is 10.0. The number of fused-ring (bicyclic) bond motifs is 1. The molecule has 22 heavy (non-hydrogen) atoms. The number of pyridine rings is 1. The van der Waals surface area contributed by atoms with E-state index in [1.165, 1.54) is 0 Å². The van der Waals surface area contributed by atoms with Crippen LogP contribution in [0, 0.1) is 0 Å². The molecule has 3 rings (SSSR count). The second-order valence-corrected chi connectivity index (χ2v) is 6.70. The summed E-state index contributed by atoms with van der Waals surface area (Å²) in [5, 5.41) is 3.41. The van der Waals surface area contributed by atoms with Gasteiger partial charge in [0.05, 0.1) is 21.2 Å². The molecule has 0 aliphatic carbocycles. The summed E-state index contributed by atoms with van der Waals surface area (Å²) in [4.78, 5) is 13.4. The minimum Gasteiger partial charge on any atom is -0.326 e. The van der Waals surface area contributed by atoms with E-state index in [4.69, 9.17) is 35.3 Å². The van der Waals surface area contributed by atoms with Crippen molar-refractivity contribution in [2.24, 2.45) is 21.5 Å². The van der Waals surface area contributed by atoms with Crippen molar-refractivity contribution in [3.05, 3.63) is 28.9 Å². The molecule has 2 aromatic heterocycles. The van der Waals surface area contributed by atoms with Gasteiger partial charge in [-0.25, -0.2) is 9.98 Å². The Morgan fingerprint density at radius 1 is 1.50 bits per heavy atom. The van der Waals surface area contributed by atoms with Crippen LogP contribution in [0.4, 0.5) is 0 Å². The molecule has 114 valence electrons. The first-order valence-electron chi connectivity index (χ1n) is 6.69. The first kappa shape index (κ1) is 15.6. The first-order valence-corrected chi connectivity index (χ1v) is 8.35. The summed E-state index contributed by atoms with van der Waals surface area (Å²) in [7, 11) is 0. The van der Waals surface area contributed by atoms with Crippen molar-refractivity contribution in [1.82, 2.24) is 4.98 Å². The molecule has 0 fully saturated rings. The molecule has 5 nitrogen and oxygen atoms in total. The van der Waals surface area contributed by atoms with Gasteiger partial charge in [0.25, 0.3) is 0 Å². The SMILES string of the molecule is CC(C1=NC(N)C(=S)C(Cl)=N1)c1cc2c(CN)csc2cn1. The minimum absolute atomic E-state index is 0.127. The minimum atomic E-state index is -0.623. The number of hydrogen-bond donors (Lipinski definition) is 2. The van der Waals surface area contributed by atoms with Crippen molar-refractivity contribution in [3.63, 3.8) is 0 Å². The number of amidine groups is 1. The van der Waals surface area contributed by atoms with E-state index in [0.29, 0.717) is 17.2 Å². The number of nitrogens with two attached hydrogens (primary N) is 2. The monoisotopic (exact) mass is 351 g/mol. The van der Waals surface area contributed by atoms with E-state index in [1.54, 1.807) is 11.3 Å². The zero-order valence-corrected chi connectivity index (χ0v) is 14.2.